The summed E-state index contributed by atoms with van der Waals surface area (Å²) in [4.78, 5) is 20.9. The molecule has 0 spiro atoms. The molecule has 6 rings (SSSR count). The van der Waals surface area contributed by atoms with E-state index in [1.54, 1.807) is 14.2 Å². The molecule has 0 radical (unpaired) electrons. The first-order valence-electron chi connectivity index (χ1n) is 18.5. The number of halogens is 2. The van der Waals surface area contributed by atoms with E-state index >= 15 is 0 Å². The van der Waals surface area contributed by atoms with E-state index in [1.165, 1.54) is 25.7 Å². The summed E-state index contributed by atoms with van der Waals surface area (Å²) >= 11 is 13.3. The van der Waals surface area contributed by atoms with Crippen LogP contribution in [0.3, 0.4) is 0 Å². The van der Waals surface area contributed by atoms with Crippen molar-refractivity contribution in [3.63, 3.8) is 0 Å². The van der Waals surface area contributed by atoms with Crippen LogP contribution in [0.25, 0.3) is 11.1 Å². The molecule has 0 saturated heterocycles. The van der Waals surface area contributed by atoms with E-state index in [2.05, 4.69) is 47.3 Å². The van der Waals surface area contributed by atoms with E-state index in [0.717, 1.165) is 70.2 Å². The van der Waals surface area contributed by atoms with E-state index in [1.807, 2.05) is 30.3 Å². The summed E-state index contributed by atoms with van der Waals surface area (Å²) in [5, 5.41) is 14.0. The standard InChI is InChI=1S/C42H49Cl2N3O6/c1-25-29(23-52-40-36(43)20-28(38(46-40)50-3)19-18-27-10-7-17-35(27)42(48)49)11-8-15-33(25)34-16-9-12-30(26(34)2)24-53-41-37(44)21-31(39(47-41)51-4)22-45-32-13-5-6-14-32/h8-9,11-12,15-16,20-21,27,32,35,45H,5-7,10,13-14,17-19,22-24H2,1-4H3,(H,48,49)/t27-,35+/m0/s1. The number of pyridine rings is 2. The third kappa shape index (κ3) is 9.19. The van der Waals surface area contributed by atoms with Crippen LogP contribution in [-0.4, -0.2) is 41.3 Å². The molecule has 282 valence electrons. The van der Waals surface area contributed by atoms with E-state index in [-0.39, 0.29) is 18.4 Å². The maximum Gasteiger partial charge on any atom is 0.306 e. The van der Waals surface area contributed by atoms with Gasteiger partial charge in [-0.25, -0.2) is 0 Å². The smallest absolute Gasteiger partial charge is 0.306 e. The lowest BCUT2D eigenvalue weighted by molar-refractivity contribution is -0.143. The van der Waals surface area contributed by atoms with Crippen LogP contribution in [0.15, 0.2) is 48.5 Å². The number of rotatable bonds is 16. The van der Waals surface area contributed by atoms with E-state index in [9.17, 15) is 9.90 Å². The Morgan fingerprint density at radius 3 is 1.85 bits per heavy atom. The highest BCUT2D eigenvalue weighted by Gasteiger charge is 2.32. The van der Waals surface area contributed by atoms with Crippen LogP contribution < -0.4 is 24.3 Å². The van der Waals surface area contributed by atoms with Crippen molar-refractivity contribution in [2.45, 2.75) is 97.4 Å². The molecule has 0 amide bonds. The summed E-state index contributed by atoms with van der Waals surface area (Å²) in [6, 6.07) is 16.6. The van der Waals surface area contributed by atoms with Gasteiger partial charge in [0.05, 0.1) is 20.1 Å². The highest BCUT2D eigenvalue weighted by atomic mass is 35.5. The van der Waals surface area contributed by atoms with Gasteiger partial charge in [-0.1, -0.05) is 78.9 Å². The lowest BCUT2D eigenvalue weighted by Crippen LogP contribution is -2.25. The van der Waals surface area contributed by atoms with Gasteiger partial charge in [-0.15, -0.1) is 0 Å². The number of benzene rings is 2. The first kappa shape index (κ1) is 38.7. The van der Waals surface area contributed by atoms with E-state index < -0.39 is 5.97 Å². The number of carboxylic acid groups (broad SMARTS) is 1. The Hall–Kier alpha value is -4.05. The second-order valence-corrected chi connectivity index (χ2v) is 15.0. The zero-order valence-corrected chi connectivity index (χ0v) is 32.5. The molecule has 11 heteroatoms. The number of carbonyl (C=O) groups is 1. The number of aryl methyl sites for hydroxylation is 1. The van der Waals surface area contributed by atoms with E-state index in [0.29, 0.717) is 59.2 Å². The first-order valence-corrected chi connectivity index (χ1v) is 19.3. The zero-order valence-electron chi connectivity index (χ0n) is 31.0. The molecular formula is C42H49Cl2N3O6. The molecule has 2 heterocycles. The van der Waals surface area contributed by atoms with Gasteiger partial charge in [-0.3, -0.25) is 4.79 Å². The molecule has 2 aromatic heterocycles. The average Bonchev–Trinajstić information content (AvgIpc) is 3.86. The molecule has 2 fully saturated rings. The summed E-state index contributed by atoms with van der Waals surface area (Å²) in [5.41, 5.74) is 8.11. The Morgan fingerprint density at radius 1 is 0.755 bits per heavy atom. The highest BCUT2D eigenvalue weighted by Crippen LogP contribution is 2.38. The van der Waals surface area contributed by atoms with Gasteiger partial charge >= 0.3 is 5.97 Å². The molecule has 2 aromatic carbocycles. The topological polar surface area (TPSA) is 112 Å². The number of nitrogens with one attached hydrogen (secondary N) is 1. The fourth-order valence-corrected chi connectivity index (χ4v) is 8.29. The summed E-state index contributed by atoms with van der Waals surface area (Å²) in [7, 11) is 3.19. The van der Waals surface area contributed by atoms with Crippen LogP contribution in [0, 0.1) is 25.7 Å². The van der Waals surface area contributed by atoms with Crippen molar-refractivity contribution >= 4 is 29.2 Å². The highest BCUT2D eigenvalue weighted by molar-refractivity contribution is 6.32. The minimum absolute atomic E-state index is 0.143. The molecule has 0 aliphatic heterocycles. The molecule has 9 nitrogen and oxygen atoms in total. The van der Waals surface area contributed by atoms with Gasteiger partial charge in [-0.2, -0.15) is 9.97 Å². The van der Waals surface area contributed by atoms with Crippen molar-refractivity contribution in [1.82, 2.24) is 15.3 Å². The molecule has 2 aliphatic carbocycles. The number of carboxylic acids is 1. The molecule has 2 saturated carbocycles. The average molecular weight is 763 g/mol. The molecule has 2 atom stereocenters. The molecule has 4 aromatic rings. The Kier molecular flexibility index (Phi) is 13.0. The SMILES string of the molecule is COc1nc(OCc2cccc(-c3cccc(COc4nc(OC)c(CNC5CCCC5)cc4Cl)c3C)c2C)c(Cl)cc1CC[C@@H]1CCC[C@H]1C(=O)O. The van der Waals surface area contributed by atoms with Crippen molar-refractivity contribution in [1.29, 1.82) is 0 Å². The number of nitrogens with zero attached hydrogens (tertiary/aromatic N) is 2. The van der Waals surface area contributed by atoms with Crippen molar-refractivity contribution < 1.29 is 28.8 Å². The number of aliphatic carboxylic acids is 1. The van der Waals surface area contributed by atoms with Crippen molar-refractivity contribution in [3.05, 3.63) is 92.0 Å². The van der Waals surface area contributed by atoms with Crippen molar-refractivity contribution in [3.8, 4) is 34.6 Å². The molecule has 2 aliphatic rings. The number of aromatic nitrogens is 2. The summed E-state index contributed by atoms with van der Waals surface area (Å²) < 4.78 is 23.6. The van der Waals surface area contributed by atoms with Gasteiger partial charge in [0.1, 0.15) is 23.3 Å². The molecule has 0 unspecified atom stereocenters. The quantitative estimate of drug-likeness (QED) is 0.115. The fourth-order valence-electron chi connectivity index (χ4n) is 7.84. The van der Waals surface area contributed by atoms with E-state index in [4.69, 9.17) is 42.1 Å². The van der Waals surface area contributed by atoms with Gasteiger partial charge in [0.25, 0.3) is 0 Å². The predicted octanol–water partition coefficient (Wildman–Crippen LogP) is 9.71. The van der Waals surface area contributed by atoms with Crippen LogP contribution in [0.2, 0.25) is 10.0 Å². The molecular weight excluding hydrogens is 713 g/mol. The van der Waals surface area contributed by atoms with Crippen LogP contribution >= 0.6 is 23.2 Å². The normalized spacial score (nSPS) is 17.2. The van der Waals surface area contributed by atoms with Crippen LogP contribution in [0.1, 0.15) is 84.7 Å². The van der Waals surface area contributed by atoms with Crippen molar-refractivity contribution in [2.24, 2.45) is 11.8 Å². The molecule has 0 bridgehead atoms. The maximum atomic E-state index is 11.7. The van der Waals surface area contributed by atoms with Crippen LogP contribution in [0.4, 0.5) is 0 Å². The monoisotopic (exact) mass is 761 g/mol. The van der Waals surface area contributed by atoms with Crippen LogP contribution in [-0.2, 0) is 31.0 Å². The number of ether oxygens (including phenoxy) is 4. The third-order valence-corrected chi connectivity index (χ3v) is 11.5. The fraction of sp³-hybridized carbons (Fsp3) is 0.452. The van der Waals surface area contributed by atoms with Gasteiger partial charge < -0.3 is 29.4 Å². The lowest BCUT2D eigenvalue weighted by atomic mass is 9.90. The molecule has 2 N–H and O–H groups in total. The minimum atomic E-state index is -0.709. The van der Waals surface area contributed by atoms with Gasteiger partial charge in [-0.05, 0) is 104 Å². The Morgan fingerprint density at radius 2 is 1.30 bits per heavy atom. The second kappa shape index (κ2) is 17.9. The number of hydrogen-bond donors (Lipinski definition) is 2. The zero-order chi connectivity index (χ0) is 37.5. The van der Waals surface area contributed by atoms with Gasteiger partial charge in [0, 0.05) is 23.7 Å². The minimum Gasteiger partial charge on any atom is -0.481 e. The number of hydrogen-bond acceptors (Lipinski definition) is 8. The Bertz CT molecular complexity index is 1910. The van der Waals surface area contributed by atoms with Crippen LogP contribution in [0.5, 0.6) is 23.5 Å². The van der Waals surface area contributed by atoms with Gasteiger partial charge in [0.15, 0.2) is 0 Å². The first-order chi connectivity index (χ1) is 25.7. The largest absolute Gasteiger partial charge is 0.481 e. The Labute approximate surface area is 322 Å². The maximum absolute atomic E-state index is 11.7. The Balaban J connectivity index is 1.12. The lowest BCUT2D eigenvalue weighted by Gasteiger charge is -2.18. The summed E-state index contributed by atoms with van der Waals surface area (Å²) in [6.45, 7) is 5.38. The number of methoxy groups -OCH3 is 2. The second-order valence-electron chi connectivity index (χ2n) is 14.2. The summed E-state index contributed by atoms with van der Waals surface area (Å²) in [5.74, 6) is 0.726. The molecule has 53 heavy (non-hydrogen) atoms. The van der Waals surface area contributed by atoms with Crippen molar-refractivity contribution in [2.75, 3.05) is 14.2 Å². The summed E-state index contributed by atoms with van der Waals surface area (Å²) in [6.07, 6.45) is 8.90. The predicted molar refractivity (Wildman–Crippen MR) is 207 cm³/mol. The van der Waals surface area contributed by atoms with Gasteiger partial charge in [0.2, 0.25) is 23.5 Å². The third-order valence-electron chi connectivity index (χ3n) is 11.0.